The van der Waals surface area contributed by atoms with Gasteiger partial charge in [0.05, 0.1) is 33.6 Å². The molecule has 0 saturated carbocycles. The molecule has 13 nitrogen and oxygen atoms in total. The van der Waals surface area contributed by atoms with Gasteiger partial charge in [0.2, 0.25) is 5.95 Å². The zero-order valence-electron chi connectivity index (χ0n) is 21.9. The number of anilines is 2. The first-order valence-electron chi connectivity index (χ1n) is 11.9. The number of rotatable bonds is 9. The lowest BCUT2D eigenvalue weighted by Crippen LogP contribution is -2.43. The van der Waals surface area contributed by atoms with Gasteiger partial charge in [-0.2, -0.15) is 4.98 Å². The normalized spacial score (nSPS) is 11.3. The first-order valence-corrected chi connectivity index (χ1v) is 11.9. The van der Waals surface area contributed by atoms with E-state index in [1.54, 1.807) is 37.4 Å². The molecular weight excluding hydrogens is 490 g/mol. The third-order valence-electron chi connectivity index (χ3n) is 5.32. The van der Waals surface area contributed by atoms with Crippen molar-refractivity contribution in [3.05, 3.63) is 42.4 Å². The van der Waals surface area contributed by atoms with Gasteiger partial charge in [-0.05, 0) is 44.5 Å². The zero-order chi connectivity index (χ0) is 27.3. The number of fused-ring (bicyclic) bond motifs is 1. The molecule has 0 bridgehead atoms. The topological polar surface area (TPSA) is 161 Å². The number of carbonyl (C=O) groups is 1. The van der Waals surface area contributed by atoms with E-state index in [9.17, 15) is 4.79 Å². The summed E-state index contributed by atoms with van der Waals surface area (Å²) in [5, 5.41) is 26.5. The molecule has 0 spiro atoms. The second kappa shape index (κ2) is 11.3. The van der Waals surface area contributed by atoms with Gasteiger partial charge >= 0.3 is 6.03 Å². The molecule has 0 fully saturated rings. The van der Waals surface area contributed by atoms with Crippen molar-refractivity contribution < 1.29 is 19.4 Å². The summed E-state index contributed by atoms with van der Waals surface area (Å²) in [5.41, 5.74) is 1.83. The van der Waals surface area contributed by atoms with Gasteiger partial charge in [0.1, 0.15) is 23.0 Å². The van der Waals surface area contributed by atoms with E-state index in [4.69, 9.17) is 14.6 Å². The number of aliphatic hydroxyl groups excluding tert-OH is 1. The minimum absolute atomic E-state index is 0.165. The predicted octanol–water partition coefficient (Wildman–Crippen LogP) is 2.82. The fraction of sp³-hybridized carbons (Fsp3) is 0.360. The number of hydrogen-bond acceptors (Lipinski definition) is 10. The summed E-state index contributed by atoms with van der Waals surface area (Å²) >= 11 is 0. The number of methoxy groups -OCH3 is 2. The Kier molecular flexibility index (Phi) is 7.86. The van der Waals surface area contributed by atoms with E-state index in [1.807, 2.05) is 39.0 Å². The maximum Gasteiger partial charge on any atom is 0.320 e. The molecule has 200 valence electrons. The van der Waals surface area contributed by atoms with Crippen molar-refractivity contribution in [2.45, 2.75) is 39.5 Å². The predicted molar refractivity (Wildman–Crippen MR) is 142 cm³/mol. The maximum absolute atomic E-state index is 12.8. The SMILES string of the molecule is COc1cc(OC)cc(-c2cc3cnc(NCCn4cc(CO)nn4)nc3nc2NC(=O)NC(C)(C)C)c1. The van der Waals surface area contributed by atoms with Crippen LogP contribution in [0.1, 0.15) is 26.5 Å². The third-order valence-corrected chi connectivity index (χ3v) is 5.32. The van der Waals surface area contributed by atoms with Crippen molar-refractivity contribution in [2.75, 3.05) is 31.4 Å². The van der Waals surface area contributed by atoms with Gasteiger partial charge in [-0.3, -0.25) is 10.00 Å². The van der Waals surface area contributed by atoms with Crippen molar-refractivity contribution in [1.82, 2.24) is 35.3 Å². The van der Waals surface area contributed by atoms with Crippen LogP contribution in [0.2, 0.25) is 0 Å². The standard InChI is InChI=1S/C25H31N9O4/c1-25(2,3)31-24(36)30-22-20(15-8-18(37-4)11-19(9-15)38-5)10-16-12-27-23(29-21(16)28-22)26-6-7-34-13-17(14-35)32-33-34/h8-13,35H,6-7,14H2,1-5H3,(H3,26,27,28,29,30,31,36). The Morgan fingerprint density at radius 2 is 1.82 bits per heavy atom. The molecule has 0 radical (unpaired) electrons. The lowest BCUT2D eigenvalue weighted by molar-refractivity contribution is 0.243. The lowest BCUT2D eigenvalue weighted by atomic mass is 10.0. The van der Waals surface area contributed by atoms with Crippen LogP contribution >= 0.6 is 0 Å². The lowest BCUT2D eigenvalue weighted by Gasteiger charge is -2.21. The fourth-order valence-electron chi connectivity index (χ4n) is 3.61. The van der Waals surface area contributed by atoms with E-state index in [1.165, 1.54) is 0 Å². The minimum Gasteiger partial charge on any atom is -0.497 e. The molecule has 0 atom stereocenters. The summed E-state index contributed by atoms with van der Waals surface area (Å²) in [6, 6.07) is 6.90. The van der Waals surface area contributed by atoms with E-state index in [0.29, 0.717) is 58.6 Å². The number of pyridine rings is 1. The molecule has 3 aromatic heterocycles. The van der Waals surface area contributed by atoms with E-state index in [2.05, 4.69) is 41.2 Å². The van der Waals surface area contributed by atoms with Crippen LogP contribution < -0.4 is 25.4 Å². The van der Waals surface area contributed by atoms with E-state index < -0.39 is 11.6 Å². The molecule has 38 heavy (non-hydrogen) atoms. The number of ether oxygens (including phenoxy) is 2. The summed E-state index contributed by atoms with van der Waals surface area (Å²) < 4.78 is 12.5. The number of nitrogens with zero attached hydrogens (tertiary/aromatic N) is 6. The Morgan fingerprint density at radius 3 is 2.45 bits per heavy atom. The van der Waals surface area contributed by atoms with Crippen LogP contribution in [0.5, 0.6) is 11.5 Å². The first kappa shape index (κ1) is 26.5. The Hall–Kier alpha value is -4.52. The van der Waals surface area contributed by atoms with Gasteiger partial charge in [-0.15, -0.1) is 5.10 Å². The smallest absolute Gasteiger partial charge is 0.320 e. The molecule has 2 amide bonds. The monoisotopic (exact) mass is 521 g/mol. The van der Waals surface area contributed by atoms with Crippen molar-refractivity contribution in [1.29, 1.82) is 0 Å². The zero-order valence-corrected chi connectivity index (χ0v) is 21.9. The second-order valence-corrected chi connectivity index (χ2v) is 9.48. The molecule has 4 rings (SSSR count). The molecule has 13 heteroatoms. The maximum atomic E-state index is 12.8. The first-order chi connectivity index (χ1) is 18.2. The van der Waals surface area contributed by atoms with Crippen molar-refractivity contribution >= 4 is 28.8 Å². The highest BCUT2D eigenvalue weighted by atomic mass is 16.5. The number of hydrogen-bond donors (Lipinski definition) is 4. The number of carbonyl (C=O) groups excluding carboxylic acids is 1. The number of aliphatic hydroxyl groups is 1. The molecule has 0 unspecified atom stereocenters. The summed E-state index contributed by atoms with van der Waals surface area (Å²) in [6.45, 7) is 6.48. The summed E-state index contributed by atoms with van der Waals surface area (Å²) in [5.74, 6) is 1.88. The fourth-order valence-corrected chi connectivity index (χ4v) is 3.61. The Labute approximate surface area is 219 Å². The summed E-state index contributed by atoms with van der Waals surface area (Å²) in [6.07, 6.45) is 3.33. The van der Waals surface area contributed by atoms with Crippen LogP contribution in [0.25, 0.3) is 22.2 Å². The highest BCUT2D eigenvalue weighted by Crippen LogP contribution is 2.35. The van der Waals surface area contributed by atoms with E-state index in [0.717, 1.165) is 5.56 Å². The van der Waals surface area contributed by atoms with Gasteiger partial charge < -0.3 is 25.2 Å². The highest BCUT2D eigenvalue weighted by Gasteiger charge is 2.18. The van der Waals surface area contributed by atoms with Gasteiger partial charge in [-0.1, -0.05) is 5.21 Å². The molecule has 3 heterocycles. The molecular formula is C25H31N9O4. The third kappa shape index (κ3) is 6.62. The van der Waals surface area contributed by atoms with Crippen molar-refractivity contribution in [2.24, 2.45) is 0 Å². The van der Waals surface area contributed by atoms with Crippen LogP contribution in [0.4, 0.5) is 16.6 Å². The molecule has 0 saturated heterocycles. The summed E-state index contributed by atoms with van der Waals surface area (Å²) in [4.78, 5) is 26.4. The van der Waals surface area contributed by atoms with E-state index in [-0.39, 0.29) is 6.61 Å². The van der Waals surface area contributed by atoms with Crippen LogP contribution in [-0.4, -0.2) is 67.4 Å². The molecule has 0 aliphatic carbocycles. The van der Waals surface area contributed by atoms with E-state index >= 15 is 0 Å². The second-order valence-electron chi connectivity index (χ2n) is 9.48. The highest BCUT2D eigenvalue weighted by molar-refractivity contribution is 5.96. The van der Waals surface area contributed by atoms with Crippen molar-refractivity contribution in [3.63, 3.8) is 0 Å². The number of urea groups is 1. The minimum atomic E-state index is -0.443. The molecule has 4 N–H and O–H groups in total. The van der Waals surface area contributed by atoms with Crippen LogP contribution in [0.15, 0.2) is 36.7 Å². The number of nitrogens with one attached hydrogen (secondary N) is 3. The number of benzene rings is 1. The van der Waals surface area contributed by atoms with Gasteiger partial charge in [0.25, 0.3) is 0 Å². The van der Waals surface area contributed by atoms with Crippen LogP contribution in [-0.2, 0) is 13.2 Å². The quantitative estimate of drug-likeness (QED) is 0.258. The largest absolute Gasteiger partial charge is 0.497 e. The van der Waals surface area contributed by atoms with Gasteiger partial charge in [-0.25, -0.2) is 14.8 Å². The van der Waals surface area contributed by atoms with Crippen LogP contribution in [0.3, 0.4) is 0 Å². The molecule has 1 aromatic carbocycles. The van der Waals surface area contributed by atoms with Crippen molar-refractivity contribution in [3.8, 4) is 22.6 Å². The Balaban J connectivity index is 1.66. The average molecular weight is 522 g/mol. The molecule has 0 aliphatic heterocycles. The molecule has 0 aliphatic rings. The number of aromatic nitrogens is 6. The Bertz CT molecular complexity index is 1410. The average Bonchev–Trinajstić information content (AvgIpc) is 3.34. The van der Waals surface area contributed by atoms with Crippen LogP contribution in [0, 0.1) is 0 Å². The Morgan fingerprint density at radius 1 is 1.08 bits per heavy atom. The number of amides is 2. The molecule has 4 aromatic rings. The van der Waals surface area contributed by atoms with Gasteiger partial charge in [0.15, 0.2) is 5.65 Å². The summed E-state index contributed by atoms with van der Waals surface area (Å²) in [7, 11) is 3.15. The van der Waals surface area contributed by atoms with Gasteiger partial charge in [0, 0.05) is 35.3 Å².